The molecule has 0 aromatic rings. The van der Waals surface area contributed by atoms with Crippen LogP contribution in [0.4, 0.5) is 0 Å². The van der Waals surface area contributed by atoms with Crippen molar-refractivity contribution in [1.82, 2.24) is 0 Å². The summed E-state index contributed by atoms with van der Waals surface area (Å²) in [6, 6.07) is 0. The smallest absolute Gasteiger partial charge is 0.345 e. The molecule has 0 aromatic carbocycles. The second kappa shape index (κ2) is 48.5. The highest BCUT2D eigenvalue weighted by atomic mass is 16.6. The Morgan fingerprint density at radius 1 is 0.404 bits per heavy atom. The van der Waals surface area contributed by atoms with Crippen LogP contribution in [0.15, 0.2) is 36.5 Å². The largest absolute Gasteiger partial charge is 0.479 e. The number of ether oxygens (including phenoxy) is 1. The fourth-order valence-corrected chi connectivity index (χ4v) is 7.87. The van der Waals surface area contributed by atoms with Gasteiger partial charge in [0.15, 0.2) is 6.10 Å². The van der Waals surface area contributed by atoms with Gasteiger partial charge in [-0.15, -0.1) is 0 Å². The molecule has 1 N–H and O–H groups in total. The monoisotopic (exact) mass is 799 g/mol. The molecule has 1 atom stereocenters. The van der Waals surface area contributed by atoms with E-state index in [2.05, 4.69) is 50.3 Å². The molecule has 0 saturated carbocycles. The van der Waals surface area contributed by atoms with Crippen LogP contribution in [0.3, 0.4) is 0 Å². The molecule has 0 rings (SSSR count). The van der Waals surface area contributed by atoms with E-state index in [1.165, 1.54) is 186 Å². The molecule has 0 heterocycles. The van der Waals surface area contributed by atoms with Crippen molar-refractivity contribution in [2.75, 3.05) is 0 Å². The summed E-state index contributed by atoms with van der Waals surface area (Å²) >= 11 is 0. The number of hydrogen-bond donors (Lipinski definition) is 1. The van der Waals surface area contributed by atoms with Crippen molar-refractivity contribution < 1.29 is 19.4 Å². The number of carboxylic acids is 1. The molecule has 334 valence electrons. The van der Waals surface area contributed by atoms with E-state index in [0.717, 1.165) is 70.6 Å². The quantitative estimate of drug-likeness (QED) is 0.0378. The Labute approximate surface area is 356 Å². The first-order chi connectivity index (χ1) is 28.1. The van der Waals surface area contributed by atoms with Crippen LogP contribution < -0.4 is 0 Å². The molecule has 0 radical (unpaired) electrons. The van der Waals surface area contributed by atoms with Crippen LogP contribution in [0.1, 0.15) is 284 Å². The van der Waals surface area contributed by atoms with Crippen molar-refractivity contribution in [3.05, 3.63) is 36.5 Å². The SMILES string of the molecule is CC/C=C\C/C=C\C/C=C\CCCCCCCC(=O)OC(CCCCCCCCCCCCCCCCCCCCCCCCCCCCCCCCC)C(=O)O. The minimum absolute atomic E-state index is 0.323. The van der Waals surface area contributed by atoms with E-state index in [1.807, 2.05) is 0 Å². The first-order valence-electron chi connectivity index (χ1n) is 25.5. The minimum Gasteiger partial charge on any atom is -0.479 e. The van der Waals surface area contributed by atoms with E-state index in [9.17, 15) is 14.7 Å². The molecule has 0 aliphatic rings. The summed E-state index contributed by atoms with van der Waals surface area (Å²) in [7, 11) is 0. The third-order valence-corrected chi connectivity index (χ3v) is 11.7. The number of aliphatic carboxylic acids is 1. The summed E-state index contributed by atoms with van der Waals surface area (Å²) < 4.78 is 5.34. The zero-order valence-electron chi connectivity index (χ0n) is 38.4. The van der Waals surface area contributed by atoms with E-state index in [1.54, 1.807) is 0 Å². The van der Waals surface area contributed by atoms with Crippen LogP contribution in [0.25, 0.3) is 0 Å². The summed E-state index contributed by atoms with van der Waals surface area (Å²) in [5, 5.41) is 9.55. The van der Waals surface area contributed by atoms with Gasteiger partial charge >= 0.3 is 11.9 Å². The Balaban J connectivity index is 3.42. The molecule has 1 unspecified atom stereocenters. The van der Waals surface area contributed by atoms with E-state index in [0.29, 0.717) is 12.8 Å². The van der Waals surface area contributed by atoms with Crippen molar-refractivity contribution in [2.45, 2.75) is 290 Å². The van der Waals surface area contributed by atoms with Gasteiger partial charge in [0.1, 0.15) is 0 Å². The van der Waals surface area contributed by atoms with Crippen LogP contribution in [0.2, 0.25) is 0 Å². The lowest BCUT2D eigenvalue weighted by Gasteiger charge is -2.13. The molecule has 0 saturated heterocycles. The molecule has 4 nitrogen and oxygen atoms in total. The molecule has 0 aliphatic carbocycles. The average molecular weight is 799 g/mol. The number of esters is 1. The van der Waals surface area contributed by atoms with Crippen molar-refractivity contribution in [3.63, 3.8) is 0 Å². The third-order valence-electron chi connectivity index (χ3n) is 11.7. The standard InChI is InChI=1S/C53H98O4/c1-3-5-7-9-11-13-15-17-19-20-21-22-23-24-25-26-27-28-29-30-31-32-33-34-36-37-39-41-43-45-47-49-51(53(55)56)57-52(54)50-48-46-44-42-40-38-35-18-16-14-12-10-8-6-4-2/h6,8,12,14,18,35,51H,3-5,7,9-11,13,15-17,19-34,36-50H2,1-2H3,(H,55,56)/b8-6-,14-12-,35-18-. The van der Waals surface area contributed by atoms with Crippen molar-refractivity contribution in [3.8, 4) is 0 Å². The molecule has 0 amide bonds. The highest BCUT2D eigenvalue weighted by Gasteiger charge is 2.21. The van der Waals surface area contributed by atoms with Gasteiger partial charge in [-0.3, -0.25) is 4.79 Å². The van der Waals surface area contributed by atoms with E-state index < -0.39 is 12.1 Å². The van der Waals surface area contributed by atoms with Gasteiger partial charge in [0.05, 0.1) is 0 Å². The third kappa shape index (κ3) is 46.7. The maximum atomic E-state index is 12.3. The number of rotatable bonds is 47. The van der Waals surface area contributed by atoms with Gasteiger partial charge < -0.3 is 9.84 Å². The van der Waals surface area contributed by atoms with Gasteiger partial charge in [-0.2, -0.15) is 0 Å². The lowest BCUT2D eigenvalue weighted by Crippen LogP contribution is -2.27. The Morgan fingerprint density at radius 2 is 0.719 bits per heavy atom. The minimum atomic E-state index is -1.01. The maximum absolute atomic E-state index is 12.3. The number of hydrogen-bond acceptors (Lipinski definition) is 3. The van der Waals surface area contributed by atoms with Crippen LogP contribution in [-0.4, -0.2) is 23.1 Å². The van der Waals surface area contributed by atoms with E-state index in [-0.39, 0.29) is 5.97 Å². The van der Waals surface area contributed by atoms with Gasteiger partial charge in [-0.05, 0) is 51.4 Å². The normalized spacial score (nSPS) is 12.5. The van der Waals surface area contributed by atoms with Gasteiger partial charge in [-0.1, -0.05) is 262 Å². The van der Waals surface area contributed by atoms with E-state index in [4.69, 9.17) is 4.74 Å². The van der Waals surface area contributed by atoms with Crippen molar-refractivity contribution in [2.24, 2.45) is 0 Å². The Morgan fingerprint density at radius 3 is 1.09 bits per heavy atom. The number of unbranched alkanes of at least 4 members (excludes halogenated alkanes) is 35. The summed E-state index contributed by atoms with van der Waals surface area (Å²) in [5.74, 6) is -1.37. The lowest BCUT2D eigenvalue weighted by molar-refractivity contribution is -0.164. The number of carbonyl (C=O) groups excluding carboxylic acids is 1. The molecular formula is C53H98O4. The van der Waals surface area contributed by atoms with Crippen LogP contribution >= 0.6 is 0 Å². The Bertz CT molecular complexity index is 905. The fourth-order valence-electron chi connectivity index (χ4n) is 7.87. The Kier molecular flexibility index (Phi) is 47.0. The fraction of sp³-hybridized carbons (Fsp3) is 0.849. The predicted molar refractivity (Wildman–Crippen MR) is 250 cm³/mol. The first kappa shape index (κ1) is 55.2. The molecule has 0 fully saturated rings. The first-order valence-corrected chi connectivity index (χ1v) is 25.5. The average Bonchev–Trinajstić information content (AvgIpc) is 3.20. The molecule has 57 heavy (non-hydrogen) atoms. The maximum Gasteiger partial charge on any atom is 0.345 e. The highest BCUT2D eigenvalue weighted by molar-refractivity contribution is 5.77. The molecule has 0 spiro atoms. The van der Waals surface area contributed by atoms with Crippen molar-refractivity contribution in [1.29, 1.82) is 0 Å². The van der Waals surface area contributed by atoms with Crippen LogP contribution in [0, 0.1) is 0 Å². The Hall–Kier alpha value is -1.84. The molecule has 0 aromatic heterocycles. The van der Waals surface area contributed by atoms with Gasteiger partial charge in [0, 0.05) is 6.42 Å². The zero-order valence-corrected chi connectivity index (χ0v) is 38.4. The second-order valence-corrected chi connectivity index (χ2v) is 17.3. The summed E-state index contributed by atoms with van der Waals surface area (Å²) in [6.45, 7) is 4.45. The van der Waals surface area contributed by atoms with Crippen LogP contribution in [0.5, 0.6) is 0 Å². The number of carboxylic acid groups (broad SMARTS) is 1. The predicted octanol–water partition coefficient (Wildman–Crippen LogP) is 18.1. The molecule has 0 bridgehead atoms. The summed E-state index contributed by atoms with van der Waals surface area (Å²) in [6.07, 6.45) is 65.3. The molecule has 0 aliphatic heterocycles. The summed E-state index contributed by atoms with van der Waals surface area (Å²) in [4.78, 5) is 23.9. The lowest BCUT2D eigenvalue weighted by atomic mass is 10.0. The van der Waals surface area contributed by atoms with Gasteiger partial charge in [-0.25, -0.2) is 4.79 Å². The number of allylic oxidation sites excluding steroid dienone is 6. The summed E-state index contributed by atoms with van der Waals surface area (Å²) in [5.41, 5.74) is 0. The van der Waals surface area contributed by atoms with Gasteiger partial charge in [0.25, 0.3) is 0 Å². The van der Waals surface area contributed by atoms with Crippen molar-refractivity contribution >= 4 is 11.9 Å². The topological polar surface area (TPSA) is 63.6 Å². The molecular weight excluding hydrogens is 701 g/mol. The van der Waals surface area contributed by atoms with E-state index >= 15 is 0 Å². The van der Waals surface area contributed by atoms with Crippen LogP contribution in [-0.2, 0) is 14.3 Å². The van der Waals surface area contributed by atoms with Gasteiger partial charge in [0.2, 0.25) is 0 Å². The zero-order chi connectivity index (χ0) is 41.4. The number of carbonyl (C=O) groups is 2. The highest BCUT2D eigenvalue weighted by Crippen LogP contribution is 2.18. The second-order valence-electron chi connectivity index (χ2n) is 17.3. The molecule has 4 heteroatoms.